The molecule has 1 heterocycles. The van der Waals surface area contributed by atoms with Crippen LogP contribution in [-0.4, -0.2) is 12.1 Å². The van der Waals surface area contributed by atoms with Gasteiger partial charge in [0.05, 0.1) is 18.2 Å². The summed E-state index contributed by atoms with van der Waals surface area (Å²) in [5.41, 5.74) is -1.12. The van der Waals surface area contributed by atoms with E-state index < -0.39 is 29.3 Å². The van der Waals surface area contributed by atoms with Gasteiger partial charge in [0.2, 0.25) is 0 Å². The fraction of sp³-hybridized carbons (Fsp3) is 0.160. The minimum atomic E-state index is -4.79. The SMILES string of the molecule is COc1ccc(CNc2nccc3cc(-c4ccc(C(F)(F)F)c(F)c4)ccc23)cc1C(F)(F)F. The van der Waals surface area contributed by atoms with Crippen molar-refractivity contribution in [1.82, 2.24) is 4.98 Å². The zero-order valence-corrected chi connectivity index (χ0v) is 18.1. The standard InChI is InChI=1S/C25H17F7N2O/c1-35-22-7-2-14(10-20(22)25(30,31)32)13-34-23-18-5-3-15(11-17(18)8-9-33-23)16-4-6-19(21(26)12-16)24(27,28)29/h2-12H,13H2,1H3,(H,33,34). The molecule has 10 heteroatoms. The van der Waals surface area contributed by atoms with Crippen LogP contribution in [-0.2, 0) is 18.9 Å². The van der Waals surface area contributed by atoms with E-state index in [4.69, 9.17) is 4.74 Å². The quantitative estimate of drug-likeness (QED) is 0.289. The summed E-state index contributed by atoms with van der Waals surface area (Å²) in [4.78, 5) is 4.24. The van der Waals surface area contributed by atoms with Crippen molar-refractivity contribution < 1.29 is 35.5 Å². The highest BCUT2D eigenvalue weighted by atomic mass is 19.4. The molecule has 3 aromatic carbocycles. The van der Waals surface area contributed by atoms with E-state index in [0.29, 0.717) is 33.8 Å². The molecule has 0 spiro atoms. The zero-order valence-electron chi connectivity index (χ0n) is 18.1. The van der Waals surface area contributed by atoms with Crippen LogP contribution in [0.15, 0.2) is 66.9 Å². The Labute approximate surface area is 195 Å². The molecule has 0 fully saturated rings. The van der Waals surface area contributed by atoms with E-state index in [1.165, 1.54) is 24.4 Å². The topological polar surface area (TPSA) is 34.1 Å². The van der Waals surface area contributed by atoms with Crippen molar-refractivity contribution in [1.29, 1.82) is 0 Å². The Morgan fingerprint density at radius 3 is 2.14 bits per heavy atom. The highest BCUT2D eigenvalue weighted by Crippen LogP contribution is 2.37. The number of anilines is 1. The molecule has 0 saturated heterocycles. The molecule has 0 aliphatic rings. The van der Waals surface area contributed by atoms with Crippen LogP contribution in [0.1, 0.15) is 16.7 Å². The van der Waals surface area contributed by atoms with Crippen LogP contribution in [0.3, 0.4) is 0 Å². The number of benzene rings is 3. The fourth-order valence-corrected chi connectivity index (χ4v) is 3.70. The molecular weight excluding hydrogens is 477 g/mol. The summed E-state index contributed by atoms with van der Waals surface area (Å²) < 4.78 is 97.1. The molecule has 0 unspecified atom stereocenters. The first-order chi connectivity index (χ1) is 16.5. The van der Waals surface area contributed by atoms with E-state index >= 15 is 0 Å². The number of fused-ring (bicyclic) bond motifs is 1. The van der Waals surface area contributed by atoms with E-state index in [9.17, 15) is 30.7 Å². The monoisotopic (exact) mass is 494 g/mol. The highest BCUT2D eigenvalue weighted by Gasteiger charge is 2.35. The second kappa shape index (κ2) is 9.09. The molecule has 0 aliphatic carbocycles. The molecule has 3 nitrogen and oxygen atoms in total. The number of nitrogens with zero attached hydrogens (tertiary/aromatic N) is 1. The molecule has 0 atom stereocenters. The lowest BCUT2D eigenvalue weighted by molar-refractivity contribution is -0.140. The van der Waals surface area contributed by atoms with E-state index in [1.54, 1.807) is 24.3 Å². The summed E-state index contributed by atoms with van der Waals surface area (Å²) in [6, 6.07) is 13.0. The Hall–Kier alpha value is -3.82. The lowest BCUT2D eigenvalue weighted by Crippen LogP contribution is -2.09. The average Bonchev–Trinajstić information content (AvgIpc) is 2.80. The van der Waals surface area contributed by atoms with Crippen molar-refractivity contribution in [3.05, 3.63) is 89.4 Å². The molecule has 0 amide bonds. The van der Waals surface area contributed by atoms with Crippen molar-refractivity contribution in [2.75, 3.05) is 12.4 Å². The summed E-state index contributed by atoms with van der Waals surface area (Å²) >= 11 is 0. The fourth-order valence-electron chi connectivity index (χ4n) is 3.70. The van der Waals surface area contributed by atoms with Gasteiger partial charge in [-0.05, 0) is 58.5 Å². The number of alkyl halides is 6. The van der Waals surface area contributed by atoms with Gasteiger partial charge in [-0.15, -0.1) is 0 Å². The van der Waals surface area contributed by atoms with Crippen molar-refractivity contribution >= 4 is 16.6 Å². The van der Waals surface area contributed by atoms with E-state index in [0.717, 1.165) is 19.2 Å². The maximum absolute atomic E-state index is 14.0. The first-order valence-electron chi connectivity index (χ1n) is 10.2. The lowest BCUT2D eigenvalue weighted by Gasteiger charge is -2.15. The highest BCUT2D eigenvalue weighted by molar-refractivity contribution is 5.94. The summed E-state index contributed by atoms with van der Waals surface area (Å²) in [5, 5.41) is 4.30. The van der Waals surface area contributed by atoms with Crippen molar-refractivity contribution in [3.63, 3.8) is 0 Å². The zero-order chi connectivity index (χ0) is 25.4. The second-order valence-electron chi connectivity index (χ2n) is 7.67. The molecule has 0 saturated carbocycles. The summed E-state index contributed by atoms with van der Waals surface area (Å²) in [5.74, 6) is -1.25. The number of rotatable bonds is 5. The number of hydrogen-bond donors (Lipinski definition) is 1. The van der Waals surface area contributed by atoms with Crippen LogP contribution >= 0.6 is 0 Å². The molecule has 1 aromatic heterocycles. The average molecular weight is 494 g/mol. The van der Waals surface area contributed by atoms with E-state index in [2.05, 4.69) is 10.3 Å². The van der Waals surface area contributed by atoms with Gasteiger partial charge in [0.15, 0.2) is 0 Å². The molecule has 0 bridgehead atoms. The van der Waals surface area contributed by atoms with Gasteiger partial charge < -0.3 is 10.1 Å². The van der Waals surface area contributed by atoms with E-state index in [1.807, 2.05) is 0 Å². The maximum atomic E-state index is 14.0. The molecule has 35 heavy (non-hydrogen) atoms. The van der Waals surface area contributed by atoms with E-state index in [-0.39, 0.29) is 17.9 Å². The lowest BCUT2D eigenvalue weighted by atomic mass is 10.00. The number of aromatic nitrogens is 1. The second-order valence-corrected chi connectivity index (χ2v) is 7.67. The van der Waals surface area contributed by atoms with Crippen LogP contribution in [0, 0.1) is 5.82 Å². The molecule has 1 N–H and O–H groups in total. The number of ether oxygens (including phenoxy) is 1. The normalized spacial score (nSPS) is 12.1. The van der Waals surface area contributed by atoms with Gasteiger partial charge >= 0.3 is 12.4 Å². The van der Waals surface area contributed by atoms with Gasteiger partial charge in [-0.3, -0.25) is 0 Å². The van der Waals surface area contributed by atoms with Crippen LogP contribution in [0.4, 0.5) is 36.6 Å². The van der Waals surface area contributed by atoms with Crippen LogP contribution < -0.4 is 10.1 Å². The summed E-state index contributed by atoms with van der Waals surface area (Å²) in [6.07, 6.45) is -7.88. The Morgan fingerprint density at radius 2 is 1.49 bits per heavy atom. The van der Waals surface area contributed by atoms with Gasteiger partial charge in [0.25, 0.3) is 0 Å². The molecule has 0 radical (unpaired) electrons. The third kappa shape index (κ3) is 5.16. The van der Waals surface area contributed by atoms with Gasteiger partial charge in [0.1, 0.15) is 17.4 Å². The predicted octanol–water partition coefficient (Wildman–Crippen LogP) is 7.70. The number of hydrogen-bond acceptors (Lipinski definition) is 3. The van der Waals surface area contributed by atoms with Crippen LogP contribution in [0.25, 0.3) is 21.9 Å². The Morgan fingerprint density at radius 1 is 0.800 bits per heavy atom. The first-order valence-corrected chi connectivity index (χ1v) is 10.2. The van der Waals surface area contributed by atoms with Gasteiger partial charge in [-0.25, -0.2) is 9.37 Å². The predicted molar refractivity (Wildman–Crippen MR) is 117 cm³/mol. The van der Waals surface area contributed by atoms with Gasteiger partial charge in [-0.1, -0.05) is 24.3 Å². The molecule has 4 rings (SSSR count). The minimum absolute atomic E-state index is 0.0467. The summed E-state index contributed by atoms with van der Waals surface area (Å²) in [6.45, 7) is 0.0467. The number of pyridine rings is 1. The van der Waals surface area contributed by atoms with Crippen LogP contribution in [0.2, 0.25) is 0 Å². The molecule has 4 aromatic rings. The number of methoxy groups -OCH3 is 1. The first kappa shape index (κ1) is 24.3. The van der Waals surface area contributed by atoms with Crippen molar-refractivity contribution in [2.45, 2.75) is 18.9 Å². The Bertz CT molecular complexity index is 1380. The summed E-state index contributed by atoms with van der Waals surface area (Å²) in [7, 11) is 1.16. The van der Waals surface area contributed by atoms with Crippen molar-refractivity contribution in [2.24, 2.45) is 0 Å². The smallest absolute Gasteiger partial charge is 0.419 e. The Balaban J connectivity index is 1.60. The maximum Gasteiger partial charge on any atom is 0.419 e. The largest absolute Gasteiger partial charge is 0.496 e. The third-order valence-corrected chi connectivity index (χ3v) is 5.40. The molecular formula is C25H17F7N2O. The molecule has 0 aliphatic heterocycles. The van der Waals surface area contributed by atoms with Crippen LogP contribution in [0.5, 0.6) is 5.75 Å². The van der Waals surface area contributed by atoms with Crippen molar-refractivity contribution in [3.8, 4) is 16.9 Å². The Kier molecular flexibility index (Phi) is 6.31. The number of halogens is 7. The third-order valence-electron chi connectivity index (χ3n) is 5.40. The van der Waals surface area contributed by atoms with Gasteiger partial charge in [-0.2, -0.15) is 26.3 Å². The minimum Gasteiger partial charge on any atom is -0.496 e. The molecule has 182 valence electrons. The number of nitrogens with one attached hydrogen (secondary N) is 1. The van der Waals surface area contributed by atoms with Gasteiger partial charge in [0, 0.05) is 18.1 Å².